The van der Waals surface area contributed by atoms with Crippen molar-refractivity contribution in [3.05, 3.63) is 59.7 Å². The van der Waals surface area contributed by atoms with E-state index in [0.717, 1.165) is 0 Å². The average molecular weight is 444 g/mol. The summed E-state index contributed by atoms with van der Waals surface area (Å²) >= 11 is 0. The van der Waals surface area contributed by atoms with Crippen LogP contribution in [-0.4, -0.2) is 50.3 Å². The molecular formula is C22H24N2O8. The van der Waals surface area contributed by atoms with Crippen molar-refractivity contribution >= 4 is 35.3 Å². The van der Waals surface area contributed by atoms with E-state index in [-0.39, 0.29) is 24.3 Å². The highest BCUT2D eigenvalue weighted by Crippen LogP contribution is 2.08. The van der Waals surface area contributed by atoms with Gasteiger partial charge in [0.15, 0.2) is 13.2 Å². The van der Waals surface area contributed by atoms with E-state index < -0.39 is 37.1 Å². The number of nitrogen functional groups attached to an aromatic ring is 2. The van der Waals surface area contributed by atoms with Crippen LogP contribution in [0.1, 0.15) is 33.6 Å². The zero-order valence-corrected chi connectivity index (χ0v) is 17.3. The second-order valence-electron chi connectivity index (χ2n) is 6.54. The van der Waals surface area contributed by atoms with Crippen molar-refractivity contribution in [2.75, 3.05) is 37.9 Å². The summed E-state index contributed by atoms with van der Waals surface area (Å²) in [5.41, 5.74) is 12.6. The normalized spacial score (nSPS) is 10.1. The molecule has 0 aliphatic rings. The van der Waals surface area contributed by atoms with Gasteiger partial charge in [-0.1, -0.05) is 0 Å². The Bertz CT molecular complexity index is 848. The van der Waals surface area contributed by atoms with Crippen molar-refractivity contribution in [2.24, 2.45) is 0 Å². The molecule has 0 aliphatic heterocycles. The summed E-state index contributed by atoms with van der Waals surface area (Å²) in [7, 11) is 0. The lowest BCUT2D eigenvalue weighted by Gasteiger charge is -2.08. The maximum atomic E-state index is 11.8. The zero-order chi connectivity index (χ0) is 23.3. The molecule has 32 heavy (non-hydrogen) atoms. The van der Waals surface area contributed by atoms with Gasteiger partial charge in [-0.25, -0.2) is 19.2 Å². The van der Waals surface area contributed by atoms with Crippen molar-refractivity contribution in [3.8, 4) is 0 Å². The Morgan fingerprint density at radius 1 is 0.562 bits per heavy atom. The lowest BCUT2D eigenvalue weighted by molar-refractivity contribution is -0.149. The molecule has 0 amide bonds. The predicted molar refractivity (Wildman–Crippen MR) is 113 cm³/mol. The summed E-state index contributed by atoms with van der Waals surface area (Å²) < 4.78 is 19.6. The molecule has 0 aliphatic carbocycles. The minimum Gasteiger partial charge on any atom is -0.463 e. The fourth-order valence-electron chi connectivity index (χ4n) is 2.31. The molecule has 0 saturated heterocycles. The van der Waals surface area contributed by atoms with Gasteiger partial charge in [0.05, 0.1) is 24.3 Å². The van der Waals surface area contributed by atoms with Gasteiger partial charge < -0.3 is 30.4 Å². The topological polar surface area (TPSA) is 157 Å². The molecule has 170 valence electrons. The third-order valence-corrected chi connectivity index (χ3v) is 4.00. The van der Waals surface area contributed by atoms with Gasteiger partial charge in [0.2, 0.25) is 0 Å². The molecule has 0 unspecified atom stereocenters. The minimum atomic E-state index is -0.694. The molecule has 0 heterocycles. The Balaban J connectivity index is 1.50. The first-order valence-corrected chi connectivity index (χ1v) is 9.71. The number of esters is 4. The van der Waals surface area contributed by atoms with Crippen LogP contribution in [0, 0.1) is 0 Å². The quantitative estimate of drug-likeness (QED) is 0.226. The first-order chi connectivity index (χ1) is 15.3. The summed E-state index contributed by atoms with van der Waals surface area (Å²) in [5, 5.41) is 0. The van der Waals surface area contributed by atoms with Crippen LogP contribution in [0.15, 0.2) is 48.5 Å². The molecule has 10 heteroatoms. The maximum absolute atomic E-state index is 11.8. The van der Waals surface area contributed by atoms with Crippen LogP contribution in [0.2, 0.25) is 0 Å². The number of ether oxygens (including phenoxy) is 4. The van der Waals surface area contributed by atoms with Crippen molar-refractivity contribution in [2.45, 2.75) is 12.8 Å². The molecule has 0 saturated carbocycles. The number of carbonyl (C=O) groups excluding carboxylic acids is 4. The van der Waals surface area contributed by atoms with Gasteiger partial charge in [-0.2, -0.15) is 0 Å². The second kappa shape index (κ2) is 12.6. The third kappa shape index (κ3) is 8.74. The lowest BCUT2D eigenvalue weighted by atomic mass is 10.2. The third-order valence-electron chi connectivity index (χ3n) is 4.00. The summed E-state index contributed by atoms with van der Waals surface area (Å²) in [6.45, 7) is -0.890. The molecule has 4 N–H and O–H groups in total. The SMILES string of the molecule is Nc1ccc(C(=O)OCC(=O)OCCCCOC(=O)COC(=O)c2ccc(N)cc2)cc1. The van der Waals surface area contributed by atoms with Gasteiger partial charge in [-0.15, -0.1) is 0 Å². The molecule has 0 radical (unpaired) electrons. The second-order valence-corrected chi connectivity index (χ2v) is 6.54. The van der Waals surface area contributed by atoms with Crippen LogP contribution < -0.4 is 11.5 Å². The molecule has 0 atom stereocenters. The smallest absolute Gasteiger partial charge is 0.344 e. The predicted octanol–water partition coefficient (Wildman–Crippen LogP) is 1.73. The van der Waals surface area contributed by atoms with E-state index in [1.807, 2.05) is 0 Å². The number of hydrogen-bond donors (Lipinski definition) is 2. The van der Waals surface area contributed by atoms with E-state index in [2.05, 4.69) is 0 Å². The highest BCUT2D eigenvalue weighted by molar-refractivity contribution is 5.91. The lowest BCUT2D eigenvalue weighted by Crippen LogP contribution is -2.18. The van der Waals surface area contributed by atoms with Crippen molar-refractivity contribution in [1.29, 1.82) is 0 Å². The van der Waals surface area contributed by atoms with E-state index in [1.54, 1.807) is 24.3 Å². The number of carbonyl (C=O) groups is 4. The molecular weight excluding hydrogens is 420 g/mol. The first-order valence-electron chi connectivity index (χ1n) is 9.71. The van der Waals surface area contributed by atoms with Crippen LogP contribution in [0.3, 0.4) is 0 Å². The number of benzene rings is 2. The summed E-state index contributed by atoms with van der Waals surface area (Å²) in [6, 6.07) is 12.1. The molecule has 0 bridgehead atoms. The van der Waals surface area contributed by atoms with Crippen LogP contribution in [-0.2, 0) is 28.5 Å². The number of anilines is 2. The summed E-state index contributed by atoms with van der Waals surface area (Å²) in [5.74, 6) is -2.71. The Kier molecular flexibility index (Phi) is 9.51. The number of nitrogens with two attached hydrogens (primary N) is 2. The van der Waals surface area contributed by atoms with Gasteiger partial charge in [0, 0.05) is 11.4 Å². The highest BCUT2D eigenvalue weighted by Gasteiger charge is 2.12. The summed E-state index contributed by atoms with van der Waals surface area (Å²) in [4.78, 5) is 46.7. The Labute approximate surface area is 184 Å². The minimum absolute atomic E-state index is 0.0714. The van der Waals surface area contributed by atoms with Crippen LogP contribution in [0.25, 0.3) is 0 Å². The molecule has 0 spiro atoms. The Morgan fingerprint density at radius 2 is 0.906 bits per heavy atom. The van der Waals surface area contributed by atoms with E-state index in [1.165, 1.54) is 24.3 Å². The van der Waals surface area contributed by atoms with Crippen molar-refractivity contribution in [3.63, 3.8) is 0 Å². The molecule has 10 nitrogen and oxygen atoms in total. The number of unbranched alkanes of at least 4 members (excludes halogenated alkanes) is 1. The average Bonchev–Trinajstić information content (AvgIpc) is 2.79. The number of rotatable bonds is 11. The standard InChI is InChI=1S/C22H24N2O8/c23-17-7-3-15(4-8-17)21(27)31-13-19(25)29-11-1-2-12-30-20(26)14-32-22(28)16-5-9-18(24)10-6-16/h3-10H,1-2,11-14,23-24H2. The Hall–Kier alpha value is -4.08. The first kappa shape index (κ1) is 24.2. The molecule has 0 aromatic heterocycles. The van der Waals surface area contributed by atoms with E-state index >= 15 is 0 Å². The van der Waals surface area contributed by atoms with Crippen LogP contribution in [0.4, 0.5) is 11.4 Å². The highest BCUT2D eigenvalue weighted by atomic mass is 16.6. The van der Waals surface area contributed by atoms with E-state index in [9.17, 15) is 19.2 Å². The van der Waals surface area contributed by atoms with Crippen molar-refractivity contribution in [1.82, 2.24) is 0 Å². The zero-order valence-electron chi connectivity index (χ0n) is 17.3. The largest absolute Gasteiger partial charge is 0.463 e. The molecule has 2 aromatic carbocycles. The maximum Gasteiger partial charge on any atom is 0.344 e. The molecule has 0 fully saturated rings. The fourth-order valence-corrected chi connectivity index (χ4v) is 2.31. The van der Waals surface area contributed by atoms with Gasteiger partial charge in [-0.3, -0.25) is 0 Å². The summed E-state index contributed by atoms with van der Waals surface area (Å²) in [6.07, 6.45) is 0.853. The van der Waals surface area contributed by atoms with Gasteiger partial charge in [0.1, 0.15) is 0 Å². The molecule has 2 rings (SSSR count). The van der Waals surface area contributed by atoms with Crippen LogP contribution in [0.5, 0.6) is 0 Å². The van der Waals surface area contributed by atoms with Crippen LogP contribution >= 0.6 is 0 Å². The van der Waals surface area contributed by atoms with Gasteiger partial charge >= 0.3 is 23.9 Å². The van der Waals surface area contributed by atoms with Crippen molar-refractivity contribution < 1.29 is 38.1 Å². The molecule has 2 aromatic rings. The number of hydrogen-bond acceptors (Lipinski definition) is 10. The van der Waals surface area contributed by atoms with E-state index in [0.29, 0.717) is 24.2 Å². The van der Waals surface area contributed by atoms with Gasteiger partial charge in [-0.05, 0) is 61.4 Å². The fraction of sp³-hybridized carbons (Fsp3) is 0.273. The van der Waals surface area contributed by atoms with E-state index in [4.69, 9.17) is 30.4 Å². The van der Waals surface area contributed by atoms with Gasteiger partial charge in [0.25, 0.3) is 0 Å². The monoisotopic (exact) mass is 444 g/mol. The Morgan fingerprint density at radius 3 is 1.25 bits per heavy atom.